The van der Waals surface area contributed by atoms with Crippen LogP contribution in [-0.2, 0) is 0 Å². The summed E-state index contributed by atoms with van der Waals surface area (Å²) in [6, 6.07) is 15.4. The highest BCUT2D eigenvalue weighted by atomic mass is 16.5. The molecule has 0 spiro atoms. The number of nitrogens with one attached hydrogen (secondary N) is 2. The first-order chi connectivity index (χ1) is 11.2. The predicted molar refractivity (Wildman–Crippen MR) is 92.1 cm³/mol. The number of aromatic nitrogens is 1. The van der Waals surface area contributed by atoms with E-state index in [0.717, 1.165) is 28.0 Å². The van der Waals surface area contributed by atoms with E-state index in [4.69, 9.17) is 4.74 Å². The lowest BCUT2D eigenvalue weighted by Gasteiger charge is -2.06. The molecule has 4 heteroatoms. The third-order valence-electron chi connectivity index (χ3n) is 3.47. The standard InChI is InChI=1S/C19H18N2O2/c1-3-9-20-19(22)18-12-14-11-16(7-8-17(14)21-18)23-15-6-4-5-13(2)10-15/h3-8,10-12,21H,1,9H2,2H3,(H,20,22). The first kappa shape index (κ1) is 14.9. The summed E-state index contributed by atoms with van der Waals surface area (Å²) in [7, 11) is 0. The number of hydrogen-bond acceptors (Lipinski definition) is 2. The van der Waals surface area contributed by atoms with E-state index in [2.05, 4.69) is 16.9 Å². The maximum atomic E-state index is 12.0. The monoisotopic (exact) mass is 306 g/mol. The molecule has 1 heterocycles. The van der Waals surface area contributed by atoms with Crippen molar-refractivity contribution in [3.63, 3.8) is 0 Å². The highest BCUT2D eigenvalue weighted by Gasteiger charge is 2.09. The van der Waals surface area contributed by atoms with Crippen molar-refractivity contribution in [3.8, 4) is 11.5 Å². The second-order valence-corrected chi connectivity index (χ2v) is 5.35. The lowest BCUT2D eigenvalue weighted by atomic mass is 10.2. The summed E-state index contributed by atoms with van der Waals surface area (Å²) in [4.78, 5) is 15.1. The molecule has 0 saturated carbocycles. The average Bonchev–Trinajstić information content (AvgIpc) is 2.96. The van der Waals surface area contributed by atoms with E-state index in [1.54, 1.807) is 6.08 Å². The molecule has 1 aromatic heterocycles. The summed E-state index contributed by atoms with van der Waals surface area (Å²) >= 11 is 0. The second kappa shape index (κ2) is 6.40. The zero-order valence-corrected chi connectivity index (χ0v) is 12.9. The van der Waals surface area contributed by atoms with Crippen LogP contribution in [0.5, 0.6) is 11.5 Å². The molecule has 23 heavy (non-hydrogen) atoms. The van der Waals surface area contributed by atoms with Crippen LogP contribution in [0.3, 0.4) is 0 Å². The molecule has 1 amide bonds. The molecule has 3 aromatic rings. The number of carbonyl (C=O) groups excluding carboxylic acids is 1. The van der Waals surface area contributed by atoms with Gasteiger partial charge in [-0.05, 0) is 48.9 Å². The van der Waals surface area contributed by atoms with E-state index in [1.165, 1.54) is 0 Å². The van der Waals surface area contributed by atoms with E-state index < -0.39 is 0 Å². The molecule has 0 atom stereocenters. The number of ether oxygens (including phenoxy) is 1. The van der Waals surface area contributed by atoms with Gasteiger partial charge in [-0.25, -0.2) is 0 Å². The lowest BCUT2D eigenvalue weighted by molar-refractivity contribution is 0.0954. The van der Waals surface area contributed by atoms with Gasteiger partial charge in [0.2, 0.25) is 0 Å². The summed E-state index contributed by atoms with van der Waals surface area (Å²) < 4.78 is 5.87. The SMILES string of the molecule is C=CCNC(=O)c1cc2cc(Oc3cccc(C)c3)ccc2[nH]1. The van der Waals surface area contributed by atoms with E-state index in [9.17, 15) is 4.79 Å². The second-order valence-electron chi connectivity index (χ2n) is 5.35. The Bertz CT molecular complexity index is 865. The van der Waals surface area contributed by atoms with Crippen molar-refractivity contribution in [3.05, 3.63) is 72.4 Å². The Morgan fingerprint density at radius 1 is 1.22 bits per heavy atom. The fourth-order valence-corrected chi connectivity index (χ4v) is 2.37. The summed E-state index contributed by atoms with van der Waals surface area (Å²) in [5.41, 5.74) is 2.56. The highest BCUT2D eigenvalue weighted by Crippen LogP contribution is 2.26. The molecule has 3 rings (SSSR count). The van der Waals surface area contributed by atoms with Crippen molar-refractivity contribution in [2.75, 3.05) is 6.54 Å². The van der Waals surface area contributed by atoms with Crippen molar-refractivity contribution in [2.24, 2.45) is 0 Å². The van der Waals surface area contributed by atoms with Gasteiger partial charge in [-0.15, -0.1) is 6.58 Å². The third kappa shape index (κ3) is 3.43. The molecule has 0 aliphatic rings. The molecule has 0 radical (unpaired) electrons. The quantitative estimate of drug-likeness (QED) is 0.695. The zero-order valence-electron chi connectivity index (χ0n) is 12.9. The Hall–Kier alpha value is -3.01. The molecule has 4 nitrogen and oxygen atoms in total. The van der Waals surface area contributed by atoms with Crippen molar-refractivity contribution < 1.29 is 9.53 Å². The molecule has 0 aliphatic carbocycles. The van der Waals surface area contributed by atoms with Crippen LogP contribution in [0.1, 0.15) is 16.1 Å². The first-order valence-electron chi connectivity index (χ1n) is 7.42. The Labute approximate surface area is 134 Å². The van der Waals surface area contributed by atoms with Gasteiger partial charge in [0, 0.05) is 17.4 Å². The van der Waals surface area contributed by atoms with Gasteiger partial charge in [0.05, 0.1) is 0 Å². The number of carbonyl (C=O) groups is 1. The van der Waals surface area contributed by atoms with E-state index >= 15 is 0 Å². The van der Waals surface area contributed by atoms with Crippen molar-refractivity contribution in [1.29, 1.82) is 0 Å². The van der Waals surface area contributed by atoms with Gasteiger partial charge in [-0.1, -0.05) is 18.2 Å². The summed E-state index contributed by atoms with van der Waals surface area (Å²) in [5, 5.41) is 3.68. The number of aromatic amines is 1. The number of hydrogen-bond donors (Lipinski definition) is 2. The topological polar surface area (TPSA) is 54.1 Å². The Morgan fingerprint density at radius 2 is 2.04 bits per heavy atom. The molecular weight excluding hydrogens is 288 g/mol. The minimum absolute atomic E-state index is 0.151. The summed E-state index contributed by atoms with van der Waals surface area (Å²) in [5.74, 6) is 1.38. The Morgan fingerprint density at radius 3 is 2.83 bits per heavy atom. The lowest BCUT2D eigenvalue weighted by Crippen LogP contribution is -2.23. The van der Waals surface area contributed by atoms with Gasteiger partial charge < -0.3 is 15.0 Å². The summed E-state index contributed by atoms with van der Waals surface area (Å²) in [6.07, 6.45) is 1.65. The van der Waals surface area contributed by atoms with Crippen LogP contribution in [0.2, 0.25) is 0 Å². The minimum atomic E-state index is -0.151. The van der Waals surface area contributed by atoms with Gasteiger partial charge in [-0.3, -0.25) is 4.79 Å². The maximum absolute atomic E-state index is 12.0. The molecule has 116 valence electrons. The van der Waals surface area contributed by atoms with Crippen LogP contribution >= 0.6 is 0 Å². The van der Waals surface area contributed by atoms with Crippen molar-refractivity contribution in [2.45, 2.75) is 6.92 Å². The highest BCUT2D eigenvalue weighted by molar-refractivity contribution is 5.98. The normalized spacial score (nSPS) is 10.5. The number of rotatable bonds is 5. The first-order valence-corrected chi connectivity index (χ1v) is 7.42. The van der Waals surface area contributed by atoms with Crippen LogP contribution in [0, 0.1) is 6.92 Å². The zero-order chi connectivity index (χ0) is 16.2. The average molecular weight is 306 g/mol. The number of benzene rings is 2. The number of aryl methyl sites for hydroxylation is 1. The fraction of sp³-hybridized carbons (Fsp3) is 0.105. The van der Waals surface area contributed by atoms with Gasteiger partial charge in [0.1, 0.15) is 17.2 Å². The van der Waals surface area contributed by atoms with E-state index in [1.807, 2.05) is 55.5 Å². The van der Waals surface area contributed by atoms with Crippen LogP contribution < -0.4 is 10.1 Å². The largest absolute Gasteiger partial charge is 0.457 e. The smallest absolute Gasteiger partial charge is 0.267 e. The van der Waals surface area contributed by atoms with Crippen LogP contribution in [-0.4, -0.2) is 17.4 Å². The number of amides is 1. The van der Waals surface area contributed by atoms with Gasteiger partial charge in [0.25, 0.3) is 5.91 Å². The predicted octanol–water partition coefficient (Wildman–Crippen LogP) is 4.18. The number of fused-ring (bicyclic) bond motifs is 1. The van der Waals surface area contributed by atoms with Crippen LogP contribution in [0.25, 0.3) is 10.9 Å². The van der Waals surface area contributed by atoms with Crippen molar-refractivity contribution >= 4 is 16.8 Å². The number of H-pyrrole nitrogens is 1. The molecule has 2 aromatic carbocycles. The molecule has 0 fully saturated rings. The Kier molecular flexibility index (Phi) is 4.15. The molecule has 0 aliphatic heterocycles. The molecule has 0 bridgehead atoms. The van der Waals surface area contributed by atoms with Crippen molar-refractivity contribution in [1.82, 2.24) is 10.3 Å². The molecule has 0 unspecified atom stereocenters. The van der Waals surface area contributed by atoms with E-state index in [-0.39, 0.29) is 5.91 Å². The fourth-order valence-electron chi connectivity index (χ4n) is 2.37. The molecule has 0 saturated heterocycles. The van der Waals surface area contributed by atoms with Crippen LogP contribution in [0.4, 0.5) is 0 Å². The summed E-state index contributed by atoms with van der Waals surface area (Å²) in [6.45, 7) is 6.05. The third-order valence-corrected chi connectivity index (χ3v) is 3.47. The van der Waals surface area contributed by atoms with Gasteiger partial charge in [-0.2, -0.15) is 0 Å². The van der Waals surface area contributed by atoms with Gasteiger partial charge in [0.15, 0.2) is 0 Å². The molecular formula is C19H18N2O2. The maximum Gasteiger partial charge on any atom is 0.267 e. The molecule has 2 N–H and O–H groups in total. The minimum Gasteiger partial charge on any atom is -0.457 e. The Balaban J connectivity index is 1.84. The van der Waals surface area contributed by atoms with E-state index in [0.29, 0.717) is 12.2 Å². The van der Waals surface area contributed by atoms with Crippen LogP contribution in [0.15, 0.2) is 61.2 Å². The van der Waals surface area contributed by atoms with Gasteiger partial charge >= 0.3 is 0 Å².